The van der Waals surface area contributed by atoms with Crippen molar-refractivity contribution in [3.05, 3.63) is 123 Å². The summed E-state index contributed by atoms with van der Waals surface area (Å²) in [4.78, 5) is 27.0. The summed E-state index contributed by atoms with van der Waals surface area (Å²) in [6, 6.07) is 28.8. The Hall–Kier alpha value is -5.16. The van der Waals surface area contributed by atoms with E-state index < -0.39 is 0 Å². The molecule has 0 N–H and O–H groups in total. The molecule has 3 heterocycles. The number of fused-ring (bicyclic) bond motifs is 7. The number of para-hydroxylation sites is 3. The largest absolute Gasteiger partial charge is 0.456 e. The lowest BCUT2D eigenvalue weighted by atomic mass is 10.1. The molecule has 5 aromatic carbocycles. The Balaban J connectivity index is 1.46. The molecule has 0 saturated heterocycles. The molecule has 0 spiro atoms. The van der Waals surface area contributed by atoms with E-state index in [2.05, 4.69) is 54.8 Å². The van der Waals surface area contributed by atoms with Gasteiger partial charge in [-0.3, -0.25) is 9.59 Å². The summed E-state index contributed by atoms with van der Waals surface area (Å²) in [6.45, 7) is 4.22. The minimum absolute atomic E-state index is 0.149. The average molecular weight is 508 g/mol. The van der Waals surface area contributed by atoms with E-state index in [9.17, 15) is 9.59 Å². The maximum atomic E-state index is 13.9. The molecule has 0 aliphatic rings. The quantitative estimate of drug-likeness (QED) is 0.212. The Morgan fingerprint density at radius 2 is 1.00 bits per heavy atom. The van der Waals surface area contributed by atoms with Gasteiger partial charge < -0.3 is 13.4 Å². The molecule has 5 nitrogen and oxygen atoms in total. The highest BCUT2D eigenvalue weighted by Gasteiger charge is 2.18. The van der Waals surface area contributed by atoms with E-state index in [0.717, 1.165) is 27.8 Å². The maximum Gasteiger partial charge on any atom is 0.200 e. The van der Waals surface area contributed by atoms with Crippen molar-refractivity contribution < 1.29 is 8.83 Å². The van der Waals surface area contributed by atoms with Gasteiger partial charge in [-0.1, -0.05) is 48.5 Å². The predicted molar refractivity (Wildman–Crippen MR) is 157 cm³/mol. The molecule has 0 aliphatic carbocycles. The van der Waals surface area contributed by atoms with Crippen molar-refractivity contribution in [2.45, 2.75) is 13.8 Å². The minimum Gasteiger partial charge on any atom is -0.456 e. The van der Waals surface area contributed by atoms with Crippen molar-refractivity contribution in [2.24, 2.45) is 0 Å². The van der Waals surface area contributed by atoms with Crippen LogP contribution in [0.1, 0.15) is 11.1 Å². The molecule has 0 bridgehead atoms. The van der Waals surface area contributed by atoms with Gasteiger partial charge in [0.1, 0.15) is 22.3 Å². The second-order valence-corrected chi connectivity index (χ2v) is 10.2. The van der Waals surface area contributed by atoms with Crippen LogP contribution in [0, 0.1) is 13.8 Å². The van der Waals surface area contributed by atoms with Crippen molar-refractivity contribution in [1.82, 2.24) is 4.57 Å². The van der Waals surface area contributed by atoms with Crippen LogP contribution >= 0.6 is 0 Å². The van der Waals surface area contributed by atoms with E-state index in [1.807, 2.05) is 24.3 Å². The summed E-state index contributed by atoms with van der Waals surface area (Å²) in [5.41, 5.74) is 6.79. The molecule has 8 aromatic rings. The first-order chi connectivity index (χ1) is 19.0. The third kappa shape index (κ3) is 2.95. The number of benzene rings is 5. The lowest BCUT2D eigenvalue weighted by Crippen LogP contribution is -2.06. The Bertz CT molecular complexity index is 2400. The highest BCUT2D eigenvalue weighted by molar-refractivity contribution is 6.11. The Kier molecular flexibility index (Phi) is 4.31. The first kappa shape index (κ1) is 21.9. The summed E-state index contributed by atoms with van der Waals surface area (Å²) >= 11 is 0. The zero-order valence-electron chi connectivity index (χ0n) is 21.2. The molecule has 0 atom stereocenters. The fraction of sp³-hybridized carbons (Fsp3) is 0.0588. The van der Waals surface area contributed by atoms with Crippen molar-refractivity contribution in [3.8, 4) is 5.69 Å². The van der Waals surface area contributed by atoms with Gasteiger partial charge in [-0.15, -0.1) is 0 Å². The summed E-state index contributed by atoms with van der Waals surface area (Å²) < 4.78 is 14.5. The highest BCUT2D eigenvalue weighted by Crippen LogP contribution is 2.36. The average Bonchev–Trinajstić information content (AvgIpc) is 3.30. The van der Waals surface area contributed by atoms with Gasteiger partial charge in [-0.2, -0.15) is 0 Å². The number of hydrogen-bond acceptors (Lipinski definition) is 4. The fourth-order valence-electron chi connectivity index (χ4n) is 5.99. The van der Waals surface area contributed by atoms with E-state index >= 15 is 0 Å². The molecule has 0 fully saturated rings. The lowest BCUT2D eigenvalue weighted by molar-refractivity contribution is 0.652. The van der Waals surface area contributed by atoms with Gasteiger partial charge in [-0.05, 0) is 67.4 Å². The number of aromatic nitrogens is 1. The molecule has 8 rings (SSSR count). The monoisotopic (exact) mass is 507 g/mol. The van der Waals surface area contributed by atoms with Gasteiger partial charge in [-0.25, -0.2) is 0 Å². The van der Waals surface area contributed by atoms with Crippen LogP contribution in [0.2, 0.25) is 0 Å². The standard InChI is InChI=1S/C34H21NO4/c1-18-7-5-10-21-22-11-6-8-19(2)32(22)35(31(18)21)20-13-14-28-24(15-20)34(37)26-17-29-25(16-30(26)39-28)33(36)23-9-3-4-12-27(23)38-29/h3-17H,1-2H3. The number of rotatable bonds is 1. The van der Waals surface area contributed by atoms with E-state index in [1.165, 1.54) is 10.8 Å². The predicted octanol–water partition coefficient (Wildman–Crippen LogP) is 7.92. The van der Waals surface area contributed by atoms with Crippen molar-refractivity contribution in [2.75, 3.05) is 0 Å². The van der Waals surface area contributed by atoms with E-state index in [4.69, 9.17) is 8.83 Å². The van der Waals surface area contributed by atoms with E-state index in [1.54, 1.807) is 30.3 Å². The second kappa shape index (κ2) is 7.68. The SMILES string of the molecule is Cc1cccc2c3cccc(C)c3n(-c3ccc4oc5cc6c(=O)c7ccccc7oc6cc5c(=O)c4c3)c12. The van der Waals surface area contributed by atoms with Crippen LogP contribution in [-0.4, -0.2) is 4.57 Å². The molecule has 0 saturated carbocycles. The van der Waals surface area contributed by atoms with Gasteiger partial charge in [0.2, 0.25) is 10.9 Å². The van der Waals surface area contributed by atoms with E-state index in [-0.39, 0.29) is 10.9 Å². The smallest absolute Gasteiger partial charge is 0.200 e. The maximum absolute atomic E-state index is 13.9. The summed E-state index contributed by atoms with van der Waals surface area (Å²) in [5, 5.41) is 4.08. The normalized spacial score (nSPS) is 12.1. The topological polar surface area (TPSA) is 65.3 Å². The highest BCUT2D eigenvalue weighted by atomic mass is 16.3. The van der Waals surface area contributed by atoms with Gasteiger partial charge >= 0.3 is 0 Å². The Morgan fingerprint density at radius 1 is 0.487 bits per heavy atom. The molecule has 0 radical (unpaired) electrons. The first-order valence-corrected chi connectivity index (χ1v) is 12.9. The molecule has 0 aliphatic heterocycles. The van der Waals surface area contributed by atoms with Crippen LogP contribution in [0.15, 0.2) is 109 Å². The third-order valence-electron chi connectivity index (χ3n) is 7.82. The Morgan fingerprint density at radius 3 is 1.64 bits per heavy atom. The van der Waals surface area contributed by atoms with Crippen molar-refractivity contribution >= 4 is 65.7 Å². The molecular formula is C34H21NO4. The number of hydrogen-bond donors (Lipinski definition) is 0. The van der Waals surface area contributed by atoms with Gasteiger partial charge in [0.05, 0.1) is 32.6 Å². The Labute approximate surface area is 221 Å². The molecule has 186 valence electrons. The lowest BCUT2D eigenvalue weighted by Gasteiger charge is -2.12. The van der Waals surface area contributed by atoms with Gasteiger partial charge in [0.25, 0.3) is 0 Å². The third-order valence-corrected chi connectivity index (χ3v) is 7.82. The molecular weight excluding hydrogens is 486 g/mol. The summed E-state index contributed by atoms with van der Waals surface area (Å²) in [7, 11) is 0. The van der Waals surface area contributed by atoms with Crippen LogP contribution in [0.5, 0.6) is 0 Å². The number of aryl methyl sites for hydroxylation is 2. The van der Waals surface area contributed by atoms with Crippen LogP contribution < -0.4 is 10.9 Å². The van der Waals surface area contributed by atoms with Crippen LogP contribution in [0.25, 0.3) is 71.4 Å². The van der Waals surface area contributed by atoms with Crippen LogP contribution in [0.3, 0.4) is 0 Å². The summed E-state index contributed by atoms with van der Waals surface area (Å²) in [6.07, 6.45) is 0. The zero-order valence-corrected chi connectivity index (χ0v) is 21.2. The van der Waals surface area contributed by atoms with Crippen molar-refractivity contribution in [3.63, 3.8) is 0 Å². The molecule has 3 aromatic heterocycles. The van der Waals surface area contributed by atoms with Gasteiger partial charge in [0.15, 0.2) is 0 Å². The molecule has 0 amide bonds. The summed E-state index contributed by atoms with van der Waals surface area (Å²) in [5.74, 6) is 0. The fourth-order valence-corrected chi connectivity index (χ4v) is 5.99. The zero-order chi connectivity index (χ0) is 26.4. The molecule has 0 unspecified atom stereocenters. The first-order valence-electron chi connectivity index (χ1n) is 12.9. The van der Waals surface area contributed by atoms with Crippen LogP contribution in [-0.2, 0) is 0 Å². The van der Waals surface area contributed by atoms with Crippen LogP contribution in [0.4, 0.5) is 0 Å². The van der Waals surface area contributed by atoms with Gasteiger partial charge in [0, 0.05) is 16.5 Å². The molecule has 39 heavy (non-hydrogen) atoms. The molecule has 5 heteroatoms. The number of nitrogens with zero attached hydrogens (tertiary/aromatic N) is 1. The minimum atomic E-state index is -0.167. The van der Waals surface area contributed by atoms with Crippen molar-refractivity contribution in [1.29, 1.82) is 0 Å². The second-order valence-electron chi connectivity index (χ2n) is 10.2. The van der Waals surface area contributed by atoms with E-state index in [0.29, 0.717) is 43.9 Å².